The summed E-state index contributed by atoms with van der Waals surface area (Å²) in [6.45, 7) is 0. The van der Waals surface area contributed by atoms with Crippen LogP contribution in [0.5, 0.6) is 0 Å². The average molecular weight is 351 g/mol. The van der Waals surface area contributed by atoms with E-state index in [1.165, 1.54) is 0 Å². The molecule has 0 bridgehead atoms. The van der Waals surface area contributed by atoms with Crippen LogP contribution in [0.25, 0.3) is 0 Å². The maximum Gasteiger partial charge on any atom is 0.389 e. The van der Waals surface area contributed by atoms with E-state index in [9.17, 15) is 18.0 Å². The largest absolute Gasteiger partial charge is 0.389 e. The molecule has 1 heterocycles. The quantitative estimate of drug-likeness (QED) is 0.844. The monoisotopic (exact) mass is 350 g/mol. The number of aromatic nitrogens is 1. The molecule has 0 aromatic carbocycles. The standard InChI is InChI=1S/C13H14BrF3N2O/c14-9-5-10(7-18-6-9)19-12(8-1-2-8)11(20)3-4-13(15,16)17/h5-8,12,19H,1-4H2. The van der Waals surface area contributed by atoms with Crippen LogP contribution in [-0.2, 0) is 4.79 Å². The topological polar surface area (TPSA) is 42.0 Å². The molecular weight excluding hydrogens is 337 g/mol. The molecule has 0 saturated heterocycles. The van der Waals surface area contributed by atoms with Crippen LogP contribution >= 0.6 is 15.9 Å². The molecule has 1 N–H and O–H groups in total. The molecule has 1 saturated carbocycles. The predicted octanol–water partition coefficient (Wildman–Crippen LogP) is 3.95. The molecule has 0 radical (unpaired) electrons. The van der Waals surface area contributed by atoms with Gasteiger partial charge in [0.15, 0.2) is 5.78 Å². The van der Waals surface area contributed by atoms with Gasteiger partial charge in [0.1, 0.15) is 0 Å². The van der Waals surface area contributed by atoms with E-state index in [1.54, 1.807) is 18.5 Å². The first-order valence-electron chi connectivity index (χ1n) is 6.32. The number of alkyl halides is 3. The van der Waals surface area contributed by atoms with Gasteiger partial charge in [-0.2, -0.15) is 13.2 Å². The Morgan fingerprint density at radius 2 is 2.15 bits per heavy atom. The Morgan fingerprint density at radius 1 is 1.45 bits per heavy atom. The van der Waals surface area contributed by atoms with Gasteiger partial charge in [-0.3, -0.25) is 9.78 Å². The van der Waals surface area contributed by atoms with Gasteiger partial charge in [0.05, 0.1) is 24.3 Å². The van der Waals surface area contributed by atoms with E-state index < -0.39 is 25.1 Å². The number of halogens is 4. The van der Waals surface area contributed by atoms with Gasteiger partial charge in [-0.15, -0.1) is 0 Å². The molecule has 1 fully saturated rings. The molecule has 0 aliphatic heterocycles. The lowest BCUT2D eigenvalue weighted by Crippen LogP contribution is -2.32. The van der Waals surface area contributed by atoms with Gasteiger partial charge in [0.2, 0.25) is 0 Å². The van der Waals surface area contributed by atoms with Gasteiger partial charge in [0, 0.05) is 17.1 Å². The third kappa shape index (κ3) is 4.77. The van der Waals surface area contributed by atoms with E-state index in [0.29, 0.717) is 5.69 Å². The van der Waals surface area contributed by atoms with Crippen molar-refractivity contribution in [1.82, 2.24) is 4.98 Å². The highest BCUT2D eigenvalue weighted by atomic mass is 79.9. The maximum absolute atomic E-state index is 12.2. The van der Waals surface area contributed by atoms with Crippen molar-refractivity contribution in [2.75, 3.05) is 5.32 Å². The first-order chi connectivity index (χ1) is 9.35. The van der Waals surface area contributed by atoms with Gasteiger partial charge in [-0.25, -0.2) is 0 Å². The van der Waals surface area contributed by atoms with E-state index in [1.807, 2.05) is 0 Å². The van der Waals surface area contributed by atoms with Gasteiger partial charge in [-0.05, 0) is 40.8 Å². The minimum absolute atomic E-state index is 0.134. The summed E-state index contributed by atoms with van der Waals surface area (Å²) in [7, 11) is 0. The van der Waals surface area contributed by atoms with Gasteiger partial charge >= 0.3 is 6.18 Å². The smallest absolute Gasteiger partial charge is 0.374 e. The Balaban J connectivity index is 1.98. The Kier molecular flexibility index (Phi) is 4.67. The molecule has 7 heteroatoms. The Hall–Kier alpha value is -1.11. The summed E-state index contributed by atoms with van der Waals surface area (Å²) < 4.78 is 37.3. The highest BCUT2D eigenvalue weighted by Crippen LogP contribution is 2.36. The summed E-state index contributed by atoms with van der Waals surface area (Å²) in [5.74, 6) is -0.250. The molecule has 3 nitrogen and oxygen atoms in total. The van der Waals surface area contributed by atoms with Crippen molar-refractivity contribution in [3.63, 3.8) is 0 Å². The van der Waals surface area contributed by atoms with Crippen LogP contribution in [0, 0.1) is 5.92 Å². The summed E-state index contributed by atoms with van der Waals surface area (Å²) in [5, 5.41) is 3.01. The van der Waals surface area contributed by atoms with Crippen molar-refractivity contribution >= 4 is 27.4 Å². The highest BCUT2D eigenvalue weighted by Gasteiger charge is 2.37. The Morgan fingerprint density at radius 3 is 2.70 bits per heavy atom. The number of nitrogens with zero attached hydrogens (tertiary/aromatic N) is 1. The molecular formula is C13H14BrF3N2O. The van der Waals surface area contributed by atoms with Crippen molar-refractivity contribution in [1.29, 1.82) is 0 Å². The van der Waals surface area contributed by atoms with Gasteiger partial charge in [-0.1, -0.05) is 0 Å². The van der Waals surface area contributed by atoms with Crippen LogP contribution in [0.3, 0.4) is 0 Å². The molecule has 1 aromatic rings. The predicted molar refractivity (Wildman–Crippen MR) is 72.4 cm³/mol. The zero-order valence-electron chi connectivity index (χ0n) is 10.6. The van der Waals surface area contributed by atoms with E-state index in [2.05, 4.69) is 26.2 Å². The second-order valence-corrected chi connectivity index (χ2v) is 5.85. The van der Waals surface area contributed by atoms with Crippen LogP contribution in [0.2, 0.25) is 0 Å². The molecule has 0 amide bonds. The second kappa shape index (κ2) is 6.11. The minimum Gasteiger partial charge on any atom is -0.374 e. The summed E-state index contributed by atoms with van der Waals surface area (Å²) in [5.41, 5.74) is 0.636. The van der Waals surface area contributed by atoms with Crippen molar-refractivity contribution in [2.24, 2.45) is 5.92 Å². The summed E-state index contributed by atoms with van der Waals surface area (Å²) >= 11 is 3.26. The van der Waals surface area contributed by atoms with E-state index >= 15 is 0 Å². The maximum atomic E-state index is 12.2. The van der Waals surface area contributed by atoms with Crippen molar-refractivity contribution in [2.45, 2.75) is 37.9 Å². The summed E-state index contributed by atoms with van der Waals surface area (Å²) in [6, 6.07) is 1.20. The van der Waals surface area contributed by atoms with E-state index in [4.69, 9.17) is 0 Å². The van der Waals surface area contributed by atoms with Crippen LogP contribution in [-0.4, -0.2) is 23.0 Å². The zero-order chi connectivity index (χ0) is 14.8. The first kappa shape index (κ1) is 15.3. The fraction of sp³-hybridized carbons (Fsp3) is 0.538. The molecule has 2 rings (SSSR count). The molecule has 1 aromatic heterocycles. The van der Waals surface area contributed by atoms with Crippen LogP contribution < -0.4 is 5.32 Å². The molecule has 20 heavy (non-hydrogen) atoms. The van der Waals surface area contributed by atoms with Crippen molar-refractivity contribution < 1.29 is 18.0 Å². The Labute approximate surface area is 123 Å². The molecule has 110 valence electrons. The lowest BCUT2D eigenvalue weighted by Gasteiger charge is -2.18. The number of hydrogen-bond acceptors (Lipinski definition) is 3. The zero-order valence-corrected chi connectivity index (χ0v) is 12.2. The highest BCUT2D eigenvalue weighted by molar-refractivity contribution is 9.10. The molecule has 1 unspecified atom stereocenters. The normalized spacial score (nSPS) is 16.8. The molecule has 1 aliphatic carbocycles. The van der Waals surface area contributed by atoms with Crippen LogP contribution in [0.15, 0.2) is 22.9 Å². The number of ketones is 1. The number of carbonyl (C=O) groups is 1. The SMILES string of the molecule is O=C(CCC(F)(F)F)C(Nc1cncc(Br)c1)C1CC1. The number of hydrogen-bond donors (Lipinski definition) is 1. The number of Topliss-reactive ketones (excluding diaryl/α,β-unsaturated/α-hetero) is 1. The molecule has 0 spiro atoms. The van der Waals surface area contributed by atoms with E-state index in [-0.39, 0.29) is 11.7 Å². The third-order valence-electron chi connectivity index (χ3n) is 3.12. The summed E-state index contributed by atoms with van der Waals surface area (Å²) in [4.78, 5) is 15.9. The fourth-order valence-corrected chi connectivity index (χ4v) is 2.35. The van der Waals surface area contributed by atoms with Gasteiger partial charge < -0.3 is 5.32 Å². The van der Waals surface area contributed by atoms with E-state index in [0.717, 1.165) is 17.3 Å². The average Bonchev–Trinajstić information content (AvgIpc) is 3.16. The minimum atomic E-state index is -4.29. The lowest BCUT2D eigenvalue weighted by atomic mass is 10.0. The third-order valence-corrected chi connectivity index (χ3v) is 3.56. The van der Waals surface area contributed by atoms with Crippen LogP contribution in [0.4, 0.5) is 18.9 Å². The first-order valence-corrected chi connectivity index (χ1v) is 7.11. The number of rotatable bonds is 6. The number of anilines is 1. The second-order valence-electron chi connectivity index (χ2n) is 4.93. The lowest BCUT2D eigenvalue weighted by molar-refractivity contribution is -0.143. The van der Waals surface area contributed by atoms with Gasteiger partial charge in [0.25, 0.3) is 0 Å². The van der Waals surface area contributed by atoms with Crippen molar-refractivity contribution in [3.8, 4) is 0 Å². The molecule has 1 atom stereocenters. The Bertz CT molecular complexity index is 489. The number of carbonyl (C=O) groups excluding carboxylic acids is 1. The summed E-state index contributed by atoms with van der Waals surface area (Å²) in [6.07, 6.45) is -0.929. The molecule has 1 aliphatic rings. The number of pyridine rings is 1. The van der Waals surface area contributed by atoms with Crippen molar-refractivity contribution in [3.05, 3.63) is 22.9 Å². The fourth-order valence-electron chi connectivity index (χ4n) is 1.98. The number of nitrogens with one attached hydrogen (secondary N) is 1. The van der Waals surface area contributed by atoms with Crippen LogP contribution in [0.1, 0.15) is 25.7 Å².